The normalized spacial score (nSPS) is 17.3. The summed E-state index contributed by atoms with van der Waals surface area (Å²) in [6.45, 7) is 2.04. The van der Waals surface area contributed by atoms with E-state index < -0.39 is 5.97 Å². The van der Waals surface area contributed by atoms with Gasteiger partial charge >= 0.3 is 12.0 Å². The van der Waals surface area contributed by atoms with Crippen molar-refractivity contribution in [1.82, 2.24) is 10.6 Å². The summed E-state index contributed by atoms with van der Waals surface area (Å²) in [6, 6.07) is 6.29. The summed E-state index contributed by atoms with van der Waals surface area (Å²) < 4.78 is 13.7. The number of rotatable bonds is 6. The molecule has 1 atom stereocenters. The van der Waals surface area contributed by atoms with Crippen LogP contribution in [0.2, 0.25) is 0 Å². The molecule has 2 rings (SSSR count). The second-order valence-corrected chi connectivity index (χ2v) is 5.33. The van der Waals surface area contributed by atoms with Gasteiger partial charge < -0.3 is 20.6 Å². The lowest BCUT2D eigenvalue weighted by atomic mass is 10.1. The van der Waals surface area contributed by atoms with E-state index in [9.17, 15) is 14.0 Å². The third-order valence-corrected chi connectivity index (χ3v) is 3.65. The number of carboxylic acids is 1. The molecule has 1 saturated heterocycles. The average Bonchev–Trinajstić information content (AvgIpc) is 2.94. The fraction of sp³-hybridized carbons (Fsp3) is 0.467. The largest absolute Gasteiger partial charge is 0.481 e. The smallest absolute Gasteiger partial charge is 0.314 e. The molecule has 1 fully saturated rings. The Kier molecular flexibility index (Phi) is 5.57. The zero-order valence-corrected chi connectivity index (χ0v) is 12.2. The number of hydrogen-bond acceptors (Lipinski definition) is 3. The molecule has 1 unspecified atom stereocenters. The van der Waals surface area contributed by atoms with Gasteiger partial charge in [0.15, 0.2) is 0 Å². The Bertz CT molecular complexity index is 539. The highest BCUT2D eigenvalue weighted by molar-refractivity contribution is 5.75. The maximum Gasteiger partial charge on any atom is 0.314 e. The first-order valence-corrected chi connectivity index (χ1v) is 7.29. The van der Waals surface area contributed by atoms with Gasteiger partial charge in [-0.3, -0.25) is 4.79 Å². The third kappa shape index (κ3) is 4.61. The molecule has 0 radical (unpaired) electrons. The molecule has 1 aliphatic rings. The van der Waals surface area contributed by atoms with Crippen molar-refractivity contribution in [2.75, 3.05) is 31.1 Å². The lowest BCUT2D eigenvalue weighted by molar-refractivity contribution is -0.136. The maximum atomic E-state index is 13.7. The van der Waals surface area contributed by atoms with Crippen LogP contribution in [0.3, 0.4) is 0 Å². The van der Waals surface area contributed by atoms with Crippen LogP contribution in [0, 0.1) is 11.7 Å². The standard InChI is InChI=1S/C15H20FN3O3/c16-12-3-1-2-4-13(12)19-8-6-11(10-19)9-18-15(22)17-7-5-14(20)21/h1-4,11H,5-10H2,(H,20,21)(H2,17,18,22). The molecule has 1 heterocycles. The number of anilines is 1. The molecule has 120 valence electrons. The molecule has 6 nitrogen and oxygen atoms in total. The number of carbonyl (C=O) groups excluding carboxylic acids is 1. The summed E-state index contributed by atoms with van der Waals surface area (Å²) in [5.41, 5.74) is 0.593. The predicted molar refractivity (Wildman–Crippen MR) is 80.4 cm³/mol. The van der Waals surface area contributed by atoms with E-state index in [0.717, 1.165) is 13.0 Å². The van der Waals surface area contributed by atoms with Gasteiger partial charge in [-0.05, 0) is 24.5 Å². The SMILES string of the molecule is O=C(O)CCNC(=O)NCC1CCN(c2ccccc2F)C1. The number of carbonyl (C=O) groups is 2. The van der Waals surface area contributed by atoms with Crippen LogP contribution in [0.15, 0.2) is 24.3 Å². The van der Waals surface area contributed by atoms with E-state index in [0.29, 0.717) is 18.8 Å². The lowest BCUT2D eigenvalue weighted by Gasteiger charge is -2.19. The van der Waals surface area contributed by atoms with Gasteiger partial charge in [0, 0.05) is 26.2 Å². The fourth-order valence-corrected chi connectivity index (χ4v) is 2.51. The molecule has 1 aromatic carbocycles. The van der Waals surface area contributed by atoms with Gasteiger partial charge in [0.25, 0.3) is 0 Å². The Morgan fingerprint density at radius 1 is 1.32 bits per heavy atom. The minimum absolute atomic E-state index is 0.0993. The molecule has 0 aliphatic carbocycles. The zero-order chi connectivity index (χ0) is 15.9. The maximum absolute atomic E-state index is 13.7. The summed E-state index contributed by atoms with van der Waals surface area (Å²) in [5.74, 6) is -0.927. The number of aliphatic carboxylic acids is 1. The second kappa shape index (κ2) is 7.63. The highest BCUT2D eigenvalue weighted by atomic mass is 19.1. The van der Waals surface area contributed by atoms with Gasteiger partial charge in [0.1, 0.15) is 5.82 Å². The van der Waals surface area contributed by atoms with Crippen molar-refractivity contribution in [2.24, 2.45) is 5.92 Å². The van der Waals surface area contributed by atoms with Crippen molar-refractivity contribution in [3.05, 3.63) is 30.1 Å². The van der Waals surface area contributed by atoms with Crippen LogP contribution in [0.1, 0.15) is 12.8 Å². The number of halogens is 1. The lowest BCUT2D eigenvalue weighted by Crippen LogP contribution is -2.39. The summed E-state index contributed by atoms with van der Waals surface area (Å²) in [6.07, 6.45) is 0.779. The minimum Gasteiger partial charge on any atom is -0.481 e. The number of amides is 2. The highest BCUT2D eigenvalue weighted by Crippen LogP contribution is 2.25. The van der Waals surface area contributed by atoms with E-state index in [2.05, 4.69) is 10.6 Å². The first-order valence-electron chi connectivity index (χ1n) is 7.29. The number of carboxylic acid groups (broad SMARTS) is 1. The van der Waals surface area contributed by atoms with Gasteiger partial charge in [-0.15, -0.1) is 0 Å². The van der Waals surface area contributed by atoms with E-state index in [1.807, 2.05) is 4.90 Å². The summed E-state index contributed by atoms with van der Waals surface area (Å²) in [4.78, 5) is 23.8. The number of benzene rings is 1. The van der Waals surface area contributed by atoms with Crippen LogP contribution in [0.25, 0.3) is 0 Å². The summed E-state index contributed by atoms with van der Waals surface area (Å²) in [7, 11) is 0. The van der Waals surface area contributed by atoms with E-state index in [1.165, 1.54) is 6.07 Å². The van der Waals surface area contributed by atoms with Crippen molar-refractivity contribution in [1.29, 1.82) is 0 Å². The number of nitrogens with one attached hydrogen (secondary N) is 2. The van der Waals surface area contributed by atoms with Crippen LogP contribution in [-0.2, 0) is 4.79 Å². The summed E-state index contributed by atoms with van der Waals surface area (Å²) in [5, 5.41) is 13.7. The molecule has 0 aromatic heterocycles. The Hall–Kier alpha value is -2.31. The molecule has 1 aliphatic heterocycles. The van der Waals surface area contributed by atoms with Crippen LogP contribution < -0.4 is 15.5 Å². The molecule has 3 N–H and O–H groups in total. The number of para-hydroxylation sites is 1. The number of nitrogens with zero attached hydrogens (tertiary/aromatic N) is 1. The zero-order valence-electron chi connectivity index (χ0n) is 12.2. The topological polar surface area (TPSA) is 81.7 Å². The van der Waals surface area contributed by atoms with Crippen LogP contribution >= 0.6 is 0 Å². The fourth-order valence-electron chi connectivity index (χ4n) is 2.51. The molecule has 1 aromatic rings. The van der Waals surface area contributed by atoms with Gasteiger partial charge in [-0.2, -0.15) is 0 Å². The Balaban J connectivity index is 1.72. The van der Waals surface area contributed by atoms with Crippen LogP contribution in [0.5, 0.6) is 0 Å². The molecule has 2 amide bonds. The van der Waals surface area contributed by atoms with Gasteiger partial charge in [-0.25, -0.2) is 9.18 Å². The first kappa shape index (κ1) is 16.1. The van der Waals surface area contributed by atoms with Gasteiger partial charge in [0.2, 0.25) is 0 Å². The third-order valence-electron chi connectivity index (χ3n) is 3.65. The van der Waals surface area contributed by atoms with Crippen LogP contribution in [-0.4, -0.2) is 43.3 Å². The Morgan fingerprint density at radius 3 is 2.82 bits per heavy atom. The summed E-state index contributed by atoms with van der Waals surface area (Å²) >= 11 is 0. The molecule has 0 bridgehead atoms. The Morgan fingerprint density at radius 2 is 2.09 bits per heavy atom. The molecule has 7 heteroatoms. The first-order chi connectivity index (χ1) is 10.6. The van der Waals surface area contributed by atoms with Crippen molar-refractivity contribution in [3.8, 4) is 0 Å². The second-order valence-electron chi connectivity index (χ2n) is 5.33. The molecule has 0 spiro atoms. The monoisotopic (exact) mass is 309 g/mol. The predicted octanol–water partition coefficient (Wildman–Crippen LogP) is 1.43. The molecule has 22 heavy (non-hydrogen) atoms. The van der Waals surface area contributed by atoms with E-state index in [1.54, 1.807) is 18.2 Å². The number of hydrogen-bond donors (Lipinski definition) is 3. The average molecular weight is 309 g/mol. The van der Waals surface area contributed by atoms with E-state index in [-0.39, 0.29) is 30.7 Å². The Labute approximate surface area is 128 Å². The quantitative estimate of drug-likeness (QED) is 0.742. The van der Waals surface area contributed by atoms with Gasteiger partial charge in [0.05, 0.1) is 12.1 Å². The molecule has 0 saturated carbocycles. The minimum atomic E-state index is -0.948. The van der Waals surface area contributed by atoms with Crippen molar-refractivity contribution >= 4 is 17.7 Å². The van der Waals surface area contributed by atoms with Crippen molar-refractivity contribution in [2.45, 2.75) is 12.8 Å². The van der Waals surface area contributed by atoms with Crippen molar-refractivity contribution in [3.63, 3.8) is 0 Å². The molecular weight excluding hydrogens is 289 g/mol. The molecular formula is C15H20FN3O3. The van der Waals surface area contributed by atoms with E-state index in [4.69, 9.17) is 5.11 Å². The van der Waals surface area contributed by atoms with Crippen LogP contribution in [0.4, 0.5) is 14.9 Å². The van der Waals surface area contributed by atoms with E-state index >= 15 is 0 Å². The van der Waals surface area contributed by atoms with Gasteiger partial charge in [-0.1, -0.05) is 12.1 Å². The highest BCUT2D eigenvalue weighted by Gasteiger charge is 2.24. The number of urea groups is 1. The van der Waals surface area contributed by atoms with Crippen molar-refractivity contribution < 1.29 is 19.1 Å².